The molecule has 0 aliphatic carbocycles. The molecular weight excluding hydrogens is 524 g/mol. The quantitative estimate of drug-likeness (QED) is 0.487. The van der Waals surface area contributed by atoms with Crippen molar-refractivity contribution in [3.05, 3.63) is 83.9 Å². The Kier molecular flexibility index (Phi) is 7.33. The maximum absolute atomic E-state index is 13.7. The van der Waals surface area contributed by atoms with Crippen molar-refractivity contribution in [1.29, 1.82) is 0 Å². The predicted molar refractivity (Wildman–Crippen MR) is 147 cm³/mol. The molecule has 0 fully saturated rings. The van der Waals surface area contributed by atoms with Crippen LogP contribution in [0, 0.1) is 0 Å². The first-order chi connectivity index (χ1) is 17.7. The number of fused-ring (bicyclic) bond motifs is 1. The van der Waals surface area contributed by atoms with E-state index < -0.39 is 37.9 Å². The molecule has 38 heavy (non-hydrogen) atoms. The highest BCUT2D eigenvalue weighted by atomic mass is 32.2. The van der Waals surface area contributed by atoms with E-state index >= 15 is 0 Å². The van der Waals surface area contributed by atoms with Gasteiger partial charge < -0.3 is 10.1 Å². The number of nitrogens with zero attached hydrogens (tertiary/aromatic N) is 1. The molecule has 1 aliphatic rings. The first kappa shape index (κ1) is 27.7. The van der Waals surface area contributed by atoms with E-state index in [2.05, 4.69) is 5.32 Å². The summed E-state index contributed by atoms with van der Waals surface area (Å²) in [5, 5.41) is 2.87. The van der Waals surface area contributed by atoms with E-state index in [0.29, 0.717) is 17.0 Å². The number of nitrogens with one attached hydrogen (secondary N) is 1. The summed E-state index contributed by atoms with van der Waals surface area (Å²) in [5.41, 5.74) is 1.79. The lowest BCUT2D eigenvalue weighted by Crippen LogP contribution is -2.51. The van der Waals surface area contributed by atoms with Gasteiger partial charge in [0.2, 0.25) is 0 Å². The Morgan fingerprint density at radius 2 is 1.58 bits per heavy atom. The van der Waals surface area contributed by atoms with Gasteiger partial charge in [0.1, 0.15) is 5.75 Å². The Morgan fingerprint density at radius 1 is 0.947 bits per heavy atom. The molecule has 0 saturated heterocycles. The molecule has 1 aliphatic heterocycles. The third-order valence-electron chi connectivity index (χ3n) is 6.49. The fourth-order valence-corrected chi connectivity index (χ4v) is 6.31. The summed E-state index contributed by atoms with van der Waals surface area (Å²) in [7, 11) is -7.33. The van der Waals surface area contributed by atoms with Gasteiger partial charge in [0, 0.05) is 6.26 Å². The molecule has 0 spiro atoms. The number of sulfonamides is 1. The number of anilines is 1. The third kappa shape index (κ3) is 5.71. The zero-order valence-electron chi connectivity index (χ0n) is 22.0. The number of carbonyl (C=O) groups is 1. The number of carbonyl (C=O) groups excluding carboxylic acids is 1. The van der Waals surface area contributed by atoms with Crippen molar-refractivity contribution in [3.8, 4) is 5.75 Å². The molecule has 1 heterocycles. The van der Waals surface area contributed by atoms with Gasteiger partial charge in [-0.3, -0.25) is 9.10 Å². The molecule has 4 rings (SSSR count). The van der Waals surface area contributed by atoms with E-state index in [1.165, 1.54) is 28.6 Å². The Morgan fingerprint density at radius 3 is 2.16 bits per heavy atom. The smallest absolute Gasteiger partial charge is 0.264 e. The first-order valence-corrected chi connectivity index (χ1v) is 15.5. The average Bonchev–Trinajstić information content (AvgIpc) is 2.87. The van der Waals surface area contributed by atoms with Crippen molar-refractivity contribution < 1.29 is 26.4 Å². The minimum Gasteiger partial charge on any atom is -0.476 e. The number of amides is 1. The Balaban J connectivity index is 1.65. The van der Waals surface area contributed by atoms with Crippen LogP contribution in [0.25, 0.3) is 0 Å². The summed E-state index contributed by atoms with van der Waals surface area (Å²) in [4.78, 5) is 13.6. The third-order valence-corrected chi connectivity index (χ3v) is 9.41. The fraction of sp³-hybridized carbons (Fsp3) is 0.321. The van der Waals surface area contributed by atoms with Crippen LogP contribution in [0.2, 0.25) is 0 Å². The van der Waals surface area contributed by atoms with Crippen LogP contribution >= 0.6 is 0 Å². The monoisotopic (exact) mass is 556 g/mol. The van der Waals surface area contributed by atoms with Gasteiger partial charge in [-0.25, -0.2) is 16.8 Å². The van der Waals surface area contributed by atoms with E-state index in [9.17, 15) is 21.6 Å². The van der Waals surface area contributed by atoms with Crippen molar-refractivity contribution in [2.45, 2.75) is 55.0 Å². The van der Waals surface area contributed by atoms with Crippen LogP contribution in [0.4, 0.5) is 5.69 Å². The number of sulfone groups is 1. The lowest BCUT2D eigenvalue weighted by Gasteiger charge is -2.36. The van der Waals surface area contributed by atoms with Crippen molar-refractivity contribution in [2.24, 2.45) is 0 Å². The summed E-state index contributed by atoms with van der Waals surface area (Å²) in [6.45, 7) is 7.67. The second-order valence-electron chi connectivity index (χ2n) is 10.5. The Labute approximate surface area is 224 Å². The van der Waals surface area contributed by atoms with Crippen LogP contribution in [0.15, 0.2) is 82.6 Å². The van der Waals surface area contributed by atoms with Crippen molar-refractivity contribution >= 4 is 31.5 Å². The number of hydrogen-bond acceptors (Lipinski definition) is 6. The molecule has 3 aromatic rings. The van der Waals surface area contributed by atoms with Crippen molar-refractivity contribution in [3.63, 3.8) is 0 Å². The summed E-state index contributed by atoms with van der Waals surface area (Å²) in [5.74, 6) is -0.183. The van der Waals surface area contributed by atoms with Crippen LogP contribution < -0.4 is 14.4 Å². The maximum atomic E-state index is 13.7. The molecule has 8 nitrogen and oxygen atoms in total. The lowest BCUT2D eigenvalue weighted by molar-refractivity contribution is -0.128. The van der Waals surface area contributed by atoms with Crippen LogP contribution in [-0.2, 0) is 30.1 Å². The molecule has 2 atom stereocenters. The summed E-state index contributed by atoms with van der Waals surface area (Å²) in [6.07, 6.45) is 0.0322. The summed E-state index contributed by atoms with van der Waals surface area (Å²) in [6, 6.07) is 19.3. The van der Waals surface area contributed by atoms with Crippen LogP contribution in [0.3, 0.4) is 0 Å². The lowest BCUT2D eigenvalue weighted by atomic mass is 9.86. The van der Waals surface area contributed by atoms with Crippen LogP contribution in [0.1, 0.15) is 44.9 Å². The largest absolute Gasteiger partial charge is 0.476 e. The molecular formula is C28H32N2O6S2. The molecule has 2 unspecified atom stereocenters. The number of rotatable bonds is 6. The van der Waals surface area contributed by atoms with E-state index in [0.717, 1.165) is 11.8 Å². The van der Waals surface area contributed by atoms with Gasteiger partial charge in [-0.1, -0.05) is 57.2 Å². The molecule has 10 heteroatoms. The van der Waals surface area contributed by atoms with Gasteiger partial charge >= 0.3 is 0 Å². The van der Waals surface area contributed by atoms with E-state index in [4.69, 9.17) is 4.74 Å². The zero-order chi connectivity index (χ0) is 27.9. The molecule has 1 N–H and O–H groups in total. The van der Waals surface area contributed by atoms with Crippen molar-refractivity contribution in [2.75, 3.05) is 17.1 Å². The van der Waals surface area contributed by atoms with E-state index in [1.54, 1.807) is 49.4 Å². The Bertz CT molecular complexity index is 1550. The summed E-state index contributed by atoms with van der Waals surface area (Å²) >= 11 is 0. The highest BCUT2D eigenvalue weighted by Crippen LogP contribution is 2.40. The minimum absolute atomic E-state index is 0.118. The summed E-state index contributed by atoms with van der Waals surface area (Å²) < 4.78 is 58.2. The van der Waals surface area contributed by atoms with Gasteiger partial charge in [0.25, 0.3) is 15.9 Å². The molecule has 0 saturated carbocycles. The normalized spacial score (nSPS) is 16.8. The van der Waals surface area contributed by atoms with Crippen molar-refractivity contribution in [1.82, 2.24) is 5.32 Å². The molecule has 1 amide bonds. The predicted octanol–water partition coefficient (Wildman–Crippen LogP) is 4.22. The second-order valence-corrected chi connectivity index (χ2v) is 14.3. The molecule has 0 radical (unpaired) electrons. The first-order valence-electron chi connectivity index (χ1n) is 12.2. The van der Waals surface area contributed by atoms with Crippen LogP contribution in [0.5, 0.6) is 5.75 Å². The number of benzene rings is 3. The highest BCUT2D eigenvalue weighted by molar-refractivity contribution is 7.92. The minimum atomic E-state index is -3.99. The Hall–Kier alpha value is -3.37. The maximum Gasteiger partial charge on any atom is 0.264 e. The number of ether oxygens (including phenoxy) is 1. The molecule has 202 valence electrons. The topological polar surface area (TPSA) is 110 Å². The standard InChI is InChI=1S/C28H32N2O6S2/c1-19(20-11-14-22(15-12-20)37(5,32)33)29-27(31)26-18-30(38(34,35)23-9-7-6-8-10-23)24-17-21(28(2,3)4)13-16-25(24)36-26/h6-17,19,26H,18H2,1-5H3,(H,29,31). The number of hydrogen-bond donors (Lipinski definition) is 1. The second kappa shape index (κ2) is 10.1. The molecule has 0 aromatic heterocycles. The van der Waals surface area contributed by atoms with E-state index in [-0.39, 0.29) is 21.8 Å². The van der Waals surface area contributed by atoms with E-state index in [1.807, 2.05) is 26.8 Å². The average molecular weight is 557 g/mol. The highest BCUT2D eigenvalue weighted by Gasteiger charge is 2.38. The SMILES string of the molecule is CC(NC(=O)C1CN(S(=O)(=O)c2ccccc2)c2cc(C(C)(C)C)ccc2O1)c1ccc(S(C)(=O)=O)cc1. The molecule has 3 aromatic carbocycles. The van der Waals surface area contributed by atoms with Gasteiger partial charge in [-0.2, -0.15) is 0 Å². The fourth-order valence-electron chi connectivity index (χ4n) is 4.20. The van der Waals surface area contributed by atoms with Gasteiger partial charge in [-0.05, 0) is 59.9 Å². The zero-order valence-corrected chi connectivity index (χ0v) is 23.6. The van der Waals surface area contributed by atoms with Crippen LogP contribution in [-0.4, -0.2) is 41.6 Å². The molecule has 0 bridgehead atoms. The van der Waals surface area contributed by atoms with Gasteiger partial charge in [0.15, 0.2) is 15.9 Å². The van der Waals surface area contributed by atoms with Gasteiger partial charge in [-0.15, -0.1) is 0 Å². The van der Waals surface area contributed by atoms with Gasteiger partial charge in [0.05, 0.1) is 28.1 Å².